The number of nitro benzene ring substituents is 1. The lowest BCUT2D eigenvalue weighted by Gasteiger charge is -2.42. The zero-order valence-electron chi connectivity index (χ0n) is 18.5. The maximum absolute atomic E-state index is 12.3. The molecule has 2 aliphatic carbocycles. The van der Waals surface area contributed by atoms with Crippen LogP contribution in [0.1, 0.15) is 82.6 Å². The summed E-state index contributed by atoms with van der Waals surface area (Å²) in [6.45, 7) is 10.4. The first-order chi connectivity index (χ1) is 13.9. The molecule has 5 nitrogen and oxygen atoms in total. The van der Waals surface area contributed by atoms with E-state index in [0.29, 0.717) is 17.7 Å². The number of fused-ring (bicyclic) bond motifs is 2. The van der Waals surface area contributed by atoms with Gasteiger partial charge in [0.2, 0.25) is 0 Å². The smallest absolute Gasteiger partial charge is 0.328 e. The maximum atomic E-state index is 12.3. The molecule has 0 unspecified atom stereocenters. The van der Waals surface area contributed by atoms with Crippen molar-refractivity contribution in [2.45, 2.75) is 77.6 Å². The van der Waals surface area contributed by atoms with E-state index in [9.17, 15) is 14.9 Å². The van der Waals surface area contributed by atoms with Gasteiger partial charge in [0.05, 0.1) is 4.92 Å². The summed E-state index contributed by atoms with van der Waals surface area (Å²) >= 11 is 0. The minimum atomic E-state index is -0.972. The molecule has 0 aliphatic heterocycles. The maximum Gasteiger partial charge on any atom is 0.328 e. The Labute approximate surface area is 178 Å². The normalized spacial score (nSPS) is 21.4. The average Bonchev–Trinajstić information content (AvgIpc) is 2.63. The number of carboxylic acids is 1. The highest BCUT2D eigenvalue weighted by atomic mass is 16.6. The molecule has 0 saturated carbocycles. The van der Waals surface area contributed by atoms with Crippen LogP contribution < -0.4 is 0 Å². The van der Waals surface area contributed by atoms with Crippen molar-refractivity contribution in [3.8, 4) is 0 Å². The highest BCUT2D eigenvalue weighted by molar-refractivity contribution is 5.81. The zero-order valence-corrected chi connectivity index (χ0v) is 18.5. The minimum Gasteiger partial charge on any atom is -0.478 e. The summed E-state index contributed by atoms with van der Waals surface area (Å²) in [4.78, 5) is 22.9. The fourth-order valence-electron chi connectivity index (χ4n) is 4.88. The molecule has 2 aliphatic rings. The monoisotopic (exact) mass is 409 g/mol. The lowest BCUT2D eigenvalue weighted by Crippen LogP contribution is -2.35. The third kappa shape index (κ3) is 4.11. The molecule has 0 fully saturated rings. The van der Waals surface area contributed by atoms with E-state index < -0.39 is 5.97 Å². The largest absolute Gasteiger partial charge is 0.478 e. The molecule has 0 heterocycles. The number of carbonyl (C=O) groups is 1. The topological polar surface area (TPSA) is 80.4 Å². The Hall–Kier alpha value is -2.69. The Morgan fingerprint density at radius 2 is 1.83 bits per heavy atom. The van der Waals surface area contributed by atoms with E-state index in [-0.39, 0.29) is 15.8 Å². The number of nitrogens with zero attached hydrogens (tertiary/aromatic N) is 1. The molecule has 1 aromatic rings. The van der Waals surface area contributed by atoms with Crippen molar-refractivity contribution in [3.05, 3.63) is 68.3 Å². The summed E-state index contributed by atoms with van der Waals surface area (Å²) in [6.07, 6.45) is 11.1. The molecule has 0 aromatic heterocycles. The number of hydrogen-bond donors (Lipinski definition) is 1. The SMILES string of the molecule is CC(/C=C/C=C1\CCCc2c1cc1c(c2[N+](=O)[O-])C(C)(C)CCC1(C)C)=C\C(=O)O. The minimum absolute atomic E-state index is 0.107. The first-order valence-electron chi connectivity index (χ1n) is 10.6. The van der Waals surface area contributed by atoms with Gasteiger partial charge in [-0.25, -0.2) is 4.79 Å². The molecule has 0 amide bonds. The van der Waals surface area contributed by atoms with Crippen LogP contribution in [0.15, 0.2) is 35.9 Å². The average molecular weight is 410 g/mol. The zero-order chi connectivity index (χ0) is 22.3. The summed E-state index contributed by atoms with van der Waals surface area (Å²) < 4.78 is 0. The summed E-state index contributed by atoms with van der Waals surface area (Å²) in [7, 11) is 0. The summed E-state index contributed by atoms with van der Waals surface area (Å²) in [5, 5.41) is 21.1. The first-order valence-corrected chi connectivity index (χ1v) is 10.6. The van der Waals surface area contributed by atoms with Gasteiger partial charge in [-0.05, 0) is 78.2 Å². The Bertz CT molecular complexity index is 993. The molecule has 1 aromatic carbocycles. The van der Waals surface area contributed by atoms with Crippen LogP contribution in [0.25, 0.3) is 5.57 Å². The van der Waals surface area contributed by atoms with Crippen LogP contribution in [0.4, 0.5) is 5.69 Å². The van der Waals surface area contributed by atoms with E-state index in [1.165, 1.54) is 0 Å². The Kier molecular flexibility index (Phi) is 5.76. The molecule has 30 heavy (non-hydrogen) atoms. The number of nitro groups is 1. The van der Waals surface area contributed by atoms with Crippen LogP contribution >= 0.6 is 0 Å². The van der Waals surface area contributed by atoms with E-state index in [4.69, 9.17) is 5.11 Å². The molecular formula is C25H31NO4. The molecule has 1 N–H and O–H groups in total. The fraction of sp³-hybridized carbons (Fsp3) is 0.480. The molecule has 0 spiro atoms. The van der Waals surface area contributed by atoms with E-state index in [2.05, 4.69) is 33.8 Å². The number of hydrogen-bond acceptors (Lipinski definition) is 3. The van der Waals surface area contributed by atoms with Gasteiger partial charge < -0.3 is 5.11 Å². The lowest BCUT2D eigenvalue weighted by atomic mass is 9.61. The van der Waals surface area contributed by atoms with Crippen LogP contribution in [-0.4, -0.2) is 16.0 Å². The standard InChI is InChI=1S/C25H31NO4/c1-16(14-21(27)28)8-6-9-17-10-7-11-18-19(17)15-20-22(23(18)26(29)30)25(4,5)13-12-24(20,2)3/h6,8-9,14-15H,7,10-13H2,1-5H3,(H,27,28)/b8-6+,16-14+,17-9+. The van der Waals surface area contributed by atoms with Crippen LogP contribution in [0.3, 0.4) is 0 Å². The fourth-order valence-corrected chi connectivity index (χ4v) is 4.88. The van der Waals surface area contributed by atoms with Gasteiger partial charge >= 0.3 is 5.97 Å². The van der Waals surface area contributed by atoms with E-state index in [1.807, 2.05) is 12.2 Å². The quantitative estimate of drug-likeness (QED) is 0.276. The van der Waals surface area contributed by atoms with Crippen molar-refractivity contribution in [1.29, 1.82) is 0 Å². The lowest BCUT2D eigenvalue weighted by molar-refractivity contribution is -0.387. The van der Waals surface area contributed by atoms with E-state index >= 15 is 0 Å². The summed E-state index contributed by atoms with van der Waals surface area (Å²) in [6, 6.07) is 2.21. The molecule has 3 rings (SSSR count). The molecule has 0 atom stereocenters. The van der Waals surface area contributed by atoms with Gasteiger partial charge in [0.15, 0.2) is 0 Å². The molecular weight excluding hydrogens is 378 g/mol. The van der Waals surface area contributed by atoms with Crippen molar-refractivity contribution in [2.75, 3.05) is 0 Å². The molecule has 160 valence electrons. The highest BCUT2D eigenvalue weighted by Gasteiger charge is 2.44. The number of allylic oxidation sites excluding steroid dienone is 5. The van der Waals surface area contributed by atoms with Crippen LogP contribution in [0, 0.1) is 10.1 Å². The number of carboxylic acid groups (broad SMARTS) is 1. The Morgan fingerprint density at radius 3 is 2.47 bits per heavy atom. The van der Waals surface area contributed by atoms with E-state index in [0.717, 1.165) is 59.6 Å². The van der Waals surface area contributed by atoms with Crippen molar-refractivity contribution in [3.63, 3.8) is 0 Å². The van der Waals surface area contributed by atoms with Gasteiger partial charge in [0, 0.05) is 17.2 Å². The van der Waals surface area contributed by atoms with Gasteiger partial charge in [0.25, 0.3) is 5.69 Å². The van der Waals surface area contributed by atoms with Crippen molar-refractivity contribution in [1.82, 2.24) is 0 Å². The van der Waals surface area contributed by atoms with Gasteiger partial charge in [0.1, 0.15) is 0 Å². The van der Waals surface area contributed by atoms with E-state index in [1.54, 1.807) is 13.0 Å². The van der Waals surface area contributed by atoms with Gasteiger partial charge in [-0.15, -0.1) is 0 Å². The summed E-state index contributed by atoms with van der Waals surface area (Å²) in [5.74, 6) is -0.972. The van der Waals surface area contributed by atoms with Gasteiger partial charge in [-0.2, -0.15) is 0 Å². The Balaban J connectivity index is 2.20. The van der Waals surface area contributed by atoms with Crippen molar-refractivity contribution in [2.24, 2.45) is 0 Å². The summed E-state index contributed by atoms with van der Waals surface area (Å²) in [5.41, 5.74) is 5.58. The van der Waals surface area contributed by atoms with Crippen LogP contribution in [0.2, 0.25) is 0 Å². The second-order valence-corrected chi connectivity index (χ2v) is 9.83. The molecule has 0 saturated heterocycles. The number of rotatable bonds is 4. The third-order valence-corrected chi connectivity index (χ3v) is 6.60. The highest BCUT2D eigenvalue weighted by Crippen LogP contribution is 2.52. The predicted octanol–water partition coefficient (Wildman–Crippen LogP) is 6.25. The van der Waals surface area contributed by atoms with Crippen molar-refractivity contribution >= 4 is 17.2 Å². The van der Waals surface area contributed by atoms with Crippen LogP contribution in [-0.2, 0) is 22.0 Å². The molecule has 0 bridgehead atoms. The molecule has 5 heteroatoms. The van der Waals surface area contributed by atoms with Crippen molar-refractivity contribution < 1.29 is 14.8 Å². The number of benzene rings is 1. The number of aliphatic carboxylic acids is 1. The predicted molar refractivity (Wildman–Crippen MR) is 120 cm³/mol. The van der Waals surface area contributed by atoms with Crippen LogP contribution in [0.5, 0.6) is 0 Å². The Morgan fingerprint density at radius 1 is 1.17 bits per heavy atom. The third-order valence-electron chi connectivity index (χ3n) is 6.60. The molecule has 0 radical (unpaired) electrons. The van der Waals surface area contributed by atoms with Gasteiger partial charge in [-0.3, -0.25) is 10.1 Å². The second-order valence-electron chi connectivity index (χ2n) is 9.83. The second kappa shape index (κ2) is 7.86. The first kappa shape index (κ1) is 22.0. The van der Waals surface area contributed by atoms with Gasteiger partial charge in [-0.1, -0.05) is 45.9 Å².